The number of carbonyl (C=O) groups is 3. The highest BCUT2D eigenvalue weighted by atomic mass is 28.4. The van der Waals surface area contributed by atoms with Crippen LogP contribution in [-0.2, 0) is 28.3 Å². The van der Waals surface area contributed by atoms with Crippen molar-refractivity contribution in [1.29, 1.82) is 0 Å². The fraction of sp³-hybridized carbons (Fsp3) is 0.595. The second-order valence-corrected chi connectivity index (χ2v) is 16.4. The summed E-state index contributed by atoms with van der Waals surface area (Å²) in [7, 11) is -3.27. The van der Waals surface area contributed by atoms with Gasteiger partial charge in [-0.25, -0.2) is 18.0 Å². The number of ether oxygens (including phenoxy) is 2. The van der Waals surface area contributed by atoms with Gasteiger partial charge in [0.2, 0.25) is 18.6 Å². The molecule has 1 fully saturated rings. The summed E-state index contributed by atoms with van der Waals surface area (Å²) in [4.78, 5) is 38.2. The first-order valence-corrected chi connectivity index (χ1v) is 19.7. The lowest BCUT2D eigenvalue weighted by atomic mass is 9.88. The Bertz CT molecular complexity index is 1270. The summed E-state index contributed by atoms with van der Waals surface area (Å²) in [6.07, 6.45) is -4.50. The average Bonchev–Trinajstić information content (AvgIpc) is 3.44. The van der Waals surface area contributed by atoms with Crippen molar-refractivity contribution in [2.24, 2.45) is 5.73 Å². The molecule has 2 aromatic carbocycles. The number of nitrogens with zero attached hydrogens (tertiary/aromatic N) is 1. The van der Waals surface area contributed by atoms with Crippen molar-refractivity contribution in [3.05, 3.63) is 60.7 Å². The van der Waals surface area contributed by atoms with E-state index in [9.17, 15) is 32.7 Å². The van der Waals surface area contributed by atoms with Crippen LogP contribution in [0.3, 0.4) is 0 Å². The number of likely N-dealkylation sites (tertiary alicyclic amines) is 1. The van der Waals surface area contributed by atoms with E-state index >= 15 is 0 Å². The molecule has 0 spiro atoms. The van der Waals surface area contributed by atoms with Crippen LogP contribution < -0.4 is 16.1 Å². The third-order valence-corrected chi connectivity index (χ3v) is 12.9. The molecule has 1 aliphatic heterocycles. The quantitative estimate of drug-likeness (QED) is 0.142. The maximum atomic E-state index is 14.8. The molecule has 1 saturated heterocycles. The summed E-state index contributed by atoms with van der Waals surface area (Å²) < 4.78 is 61.3. The van der Waals surface area contributed by atoms with Crippen LogP contribution in [0.25, 0.3) is 0 Å². The van der Waals surface area contributed by atoms with Crippen molar-refractivity contribution in [3.63, 3.8) is 0 Å². The summed E-state index contributed by atoms with van der Waals surface area (Å²) in [5.74, 6) is -2.13. The Labute approximate surface area is 295 Å². The minimum atomic E-state index is -3.27. The second kappa shape index (κ2) is 21.2. The van der Waals surface area contributed by atoms with Crippen LogP contribution in [0.4, 0.5) is 13.2 Å². The van der Waals surface area contributed by atoms with Gasteiger partial charge in [-0.15, -0.1) is 0 Å². The number of benzene rings is 2. The molecule has 0 bridgehead atoms. The first-order valence-electron chi connectivity index (χ1n) is 17.6. The number of esters is 2. The van der Waals surface area contributed by atoms with E-state index in [1.165, 1.54) is 18.7 Å². The predicted octanol–water partition coefficient (Wildman–Crippen LogP) is 5.60. The molecule has 0 aliphatic carbocycles. The molecule has 2 aromatic rings. The van der Waals surface area contributed by atoms with Crippen LogP contribution in [0.15, 0.2) is 60.7 Å². The number of nitrogens with two attached hydrogens (primary N) is 1. The molecule has 0 radical (unpaired) electrons. The summed E-state index contributed by atoms with van der Waals surface area (Å²) >= 11 is 0. The Balaban J connectivity index is 0.00000205. The smallest absolute Gasteiger partial charge is 0.329 e. The highest BCUT2D eigenvalue weighted by Gasteiger charge is 2.57. The van der Waals surface area contributed by atoms with Gasteiger partial charge in [-0.1, -0.05) is 81.4 Å². The first kappa shape index (κ1) is 42.9. The number of alkyl halides is 3. The van der Waals surface area contributed by atoms with Crippen molar-refractivity contribution in [3.8, 4) is 0 Å². The lowest BCUT2D eigenvalue weighted by Gasteiger charge is -2.42. The van der Waals surface area contributed by atoms with E-state index in [1.807, 2.05) is 60.7 Å². The number of carbonyl (C=O) groups excluding carboxylic acids is 3. The average molecular weight is 725 g/mol. The molecular weight excluding hydrogens is 669 g/mol. The molecule has 1 heterocycles. The molecule has 1 amide bonds. The molecule has 3 rings (SSSR count). The largest absolute Gasteiger partial charge is 0.430 e. The van der Waals surface area contributed by atoms with Crippen molar-refractivity contribution in [2.75, 3.05) is 6.73 Å². The Morgan fingerprint density at radius 1 is 0.920 bits per heavy atom. The van der Waals surface area contributed by atoms with Gasteiger partial charge in [-0.05, 0) is 61.9 Å². The van der Waals surface area contributed by atoms with Crippen molar-refractivity contribution in [1.82, 2.24) is 4.90 Å². The fourth-order valence-corrected chi connectivity index (χ4v) is 10.2. The van der Waals surface area contributed by atoms with Crippen molar-refractivity contribution in [2.45, 2.75) is 135 Å². The molecule has 6 atom stereocenters. The zero-order chi connectivity index (χ0) is 37.3. The zero-order valence-corrected chi connectivity index (χ0v) is 31.0. The molecule has 4 unspecified atom stereocenters. The van der Waals surface area contributed by atoms with E-state index in [2.05, 4.69) is 5.73 Å². The van der Waals surface area contributed by atoms with Gasteiger partial charge in [0.25, 0.3) is 8.32 Å². The molecular formula is C37H55F3N2O7Si. The van der Waals surface area contributed by atoms with Gasteiger partial charge in [0, 0.05) is 26.2 Å². The zero-order valence-electron chi connectivity index (χ0n) is 30.0. The number of halogens is 3. The first-order chi connectivity index (χ1) is 23.8. The van der Waals surface area contributed by atoms with E-state index in [4.69, 9.17) is 13.9 Å². The predicted molar refractivity (Wildman–Crippen MR) is 189 cm³/mol. The molecule has 280 valence electrons. The summed E-state index contributed by atoms with van der Waals surface area (Å²) in [6, 6.07) is 18.2. The summed E-state index contributed by atoms with van der Waals surface area (Å²) in [5.41, 5.74) is 2.81. The highest BCUT2D eigenvalue weighted by Crippen LogP contribution is 2.41. The fourth-order valence-electron chi connectivity index (χ4n) is 6.18. The molecule has 0 aromatic heterocycles. The number of hydrogen-bond donors (Lipinski definition) is 2. The summed E-state index contributed by atoms with van der Waals surface area (Å²) in [6.45, 7) is 7.75. The van der Waals surface area contributed by atoms with E-state index < -0.39 is 56.8 Å². The van der Waals surface area contributed by atoms with E-state index in [0.29, 0.717) is 18.9 Å². The topological polar surface area (TPSA) is 128 Å². The van der Waals surface area contributed by atoms with Gasteiger partial charge in [0.05, 0.1) is 19.0 Å². The number of rotatable bonds is 19. The van der Waals surface area contributed by atoms with E-state index in [1.54, 1.807) is 20.8 Å². The monoisotopic (exact) mass is 724 g/mol. The van der Waals surface area contributed by atoms with Crippen molar-refractivity contribution < 1.29 is 46.6 Å². The Hall–Kier alpha value is -3.26. The molecule has 9 nitrogen and oxygen atoms in total. The minimum Gasteiger partial charge on any atom is -0.430 e. The van der Waals surface area contributed by atoms with Crippen LogP contribution >= 0.6 is 0 Å². The Morgan fingerprint density at radius 3 is 1.88 bits per heavy atom. The third kappa shape index (κ3) is 12.2. The van der Waals surface area contributed by atoms with Gasteiger partial charge in [0.15, 0.2) is 0 Å². The summed E-state index contributed by atoms with van der Waals surface area (Å²) in [5, 5.41) is 12.6. The third-order valence-electron chi connectivity index (χ3n) is 8.79. The van der Waals surface area contributed by atoms with E-state index in [0.717, 1.165) is 10.4 Å². The maximum Gasteiger partial charge on any atom is 0.329 e. The number of aliphatic hydroxyl groups is 1. The molecule has 1 aliphatic rings. The van der Waals surface area contributed by atoms with Crippen LogP contribution in [0.2, 0.25) is 6.04 Å². The number of amides is 1. The highest BCUT2D eigenvalue weighted by molar-refractivity contribution is 6.97. The van der Waals surface area contributed by atoms with Gasteiger partial charge >= 0.3 is 11.9 Å². The Kier molecular flexibility index (Phi) is 18.2. The molecule has 50 heavy (non-hydrogen) atoms. The van der Waals surface area contributed by atoms with Crippen molar-refractivity contribution >= 4 is 36.5 Å². The lowest BCUT2D eigenvalue weighted by molar-refractivity contribution is -0.181. The number of aliphatic hydroxyl groups excluding tert-OH is 1. The van der Waals surface area contributed by atoms with Gasteiger partial charge in [-0.2, -0.15) is 0 Å². The van der Waals surface area contributed by atoms with Gasteiger partial charge in [-0.3, -0.25) is 14.5 Å². The second-order valence-electron chi connectivity index (χ2n) is 12.8. The van der Waals surface area contributed by atoms with E-state index in [-0.39, 0.29) is 57.6 Å². The number of hydrogen-bond acceptors (Lipinski definition) is 8. The van der Waals surface area contributed by atoms with Crippen LogP contribution in [0.1, 0.15) is 92.4 Å². The van der Waals surface area contributed by atoms with Crippen LogP contribution in [-0.4, -0.2) is 79.5 Å². The van der Waals surface area contributed by atoms with Crippen LogP contribution in [0.5, 0.6) is 0 Å². The Morgan fingerprint density at radius 2 is 1.42 bits per heavy atom. The number of primary amides is 1. The van der Waals surface area contributed by atoms with Crippen LogP contribution in [0, 0.1) is 0 Å². The van der Waals surface area contributed by atoms with Gasteiger partial charge in [0.1, 0.15) is 11.6 Å². The normalized spacial score (nSPS) is 20.1. The standard InChI is InChI=1S/C35H50F3NO6Si.C2H5NO/c1-5-14-31(37)44-33(41)30-20-22-35(24-27(40)7-3,34(42)45-32(38)15-6-2)39(30)25-43-46(23-21-26(4)36,28-16-10-8-11-17-28)29-18-12-9-13-19-29;1-2(3)4/h8-13,16-19,26-27,30-32,40H,5-7,14-15,20-25H2,1-4H3;1H3,(H2,3,4)/t26?,27?,30-,31?,32?,35-;/m1./s1. The minimum absolute atomic E-state index is 0.0106. The van der Waals surface area contributed by atoms with Gasteiger partial charge < -0.3 is 24.7 Å². The lowest BCUT2D eigenvalue weighted by Crippen LogP contribution is -2.65. The molecule has 3 N–H and O–H groups in total. The SMILES string of the molecule is CC(N)=O.CCCC(F)OC(=O)[C@H]1CC[C@@](CC(O)CC)(C(=O)OC(F)CCC)N1CO[Si](CCC(C)F)(c1ccccc1)c1ccccc1. The maximum absolute atomic E-state index is 14.8. The molecule has 0 saturated carbocycles. The molecule has 13 heteroatoms.